The van der Waals surface area contributed by atoms with Crippen molar-refractivity contribution in [3.05, 3.63) is 0 Å². The van der Waals surface area contributed by atoms with Crippen LogP contribution in [0.5, 0.6) is 0 Å². The molecular weight excluding hydrogens is 240 g/mol. The fraction of sp³-hybridized carbons (Fsp3) is 0.769. The smallest absolute Gasteiger partial charge is 0.231 e. The van der Waals surface area contributed by atoms with Crippen molar-refractivity contribution in [1.29, 1.82) is 0 Å². The second-order valence-electron chi connectivity index (χ2n) is 5.54. The summed E-state index contributed by atoms with van der Waals surface area (Å²) >= 11 is 0. The van der Waals surface area contributed by atoms with Gasteiger partial charge in [0.05, 0.1) is 0 Å². The first-order valence-corrected chi connectivity index (χ1v) is 6.96. The summed E-state index contributed by atoms with van der Waals surface area (Å²) in [5, 5.41) is 6.43. The minimum absolute atomic E-state index is 0.478. The summed E-state index contributed by atoms with van der Waals surface area (Å²) in [5.74, 6) is 2.73. The first-order chi connectivity index (χ1) is 9.08. The van der Waals surface area contributed by atoms with Gasteiger partial charge in [0, 0.05) is 27.2 Å². The quantitative estimate of drug-likeness (QED) is 0.866. The molecule has 0 saturated heterocycles. The molecule has 2 unspecified atom stereocenters. The van der Waals surface area contributed by atoms with Gasteiger partial charge in [-0.05, 0) is 18.8 Å². The zero-order valence-corrected chi connectivity index (χ0v) is 12.3. The molecule has 0 aliphatic heterocycles. The van der Waals surface area contributed by atoms with Crippen molar-refractivity contribution in [3.63, 3.8) is 0 Å². The molecule has 1 aromatic rings. The Morgan fingerprint density at radius 3 is 2.47 bits per heavy atom. The Kier molecular flexibility index (Phi) is 4.39. The van der Waals surface area contributed by atoms with E-state index in [-0.39, 0.29) is 0 Å². The van der Waals surface area contributed by atoms with Crippen molar-refractivity contribution in [2.45, 2.75) is 38.6 Å². The van der Waals surface area contributed by atoms with Crippen LogP contribution in [0.3, 0.4) is 0 Å². The fourth-order valence-corrected chi connectivity index (χ4v) is 2.49. The number of nitrogens with zero attached hydrogens (tertiary/aromatic N) is 4. The van der Waals surface area contributed by atoms with E-state index in [9.17, 15) is 0 Å². The summed E-state index contributed by atoms with van der Waals surface area (Å²) in [7, 11) is 5.68. The predicted octanol–water partition coefficient (Wildman–Crippen LogP) is 1.97. The maximum atomic E-state index is 4.45. The molecule has 1 fully saturated rings. The van der Waals surface area contributed by atoms with Crippen molar-refractivity contribution in [2.75, 3.05) is 36.7 Å². The normalized spacial score (nSPS) is 22.9. The molecule has 0 amide bonds. The van der Waals surface area contributed by atoms with Crippen LogP contribution in [0.25, 0.3) is 0 Å². The van der Waals surface area contributed by atoms with Crippen LogP contribution in [0, 0.1) is 5.92 Å². The van der Waals surface area contributed by atoms with Gasteiger partial charge in [0.1, 0.15) is 0 Å². The minimum Gasteiger partial charge on any atom is -0.357 e. The van der Waals surface area contributed by atoms with E-state index in [0.717, 1.165) is 5.92 Å². The second-order valence-corrected chi connectivity index (χ2v) is 5.54. The van der Waals surface area contributed by atoms with Crippen molar-refractivity contribution in [2.24, 2.45) is 5.92 Å². The van der Waals surface area contributed by atoms with Gasteiger partial charge in [-0.2, -0.15) is 15.0 Å². The number of nitrogens with one attached hydrogen (secondary N) is 2. The average molecular weight is 264 g/mol. The van der Waals surface area contributed by atoms with Gasteiger partial charge in [0.25, 0.3) is 0 Å². The lowest BCUT2D eigenvalue weighted by molar-refractivity contribution is 0.357. The van der Waals surface area contributed by atoms with E-state index in [0.29, 0.717) is 23.9 Å². The van der Waals surface area contributed by atoms with E-state index in [2.05, 4.69) is 32.5 Å². The predicted molar refractivity (Wildman–Crippen MR) is 78.7 cm³/mol. The van der Waals surface area contributed by atoms with Crippen molar-refractivity contribution in [3.8, 4) is 0 Å². The lowest BCUT2D eigenvalue weighted by Gasteiger charge is -2.27. The number of anilines is 3. The summed E-state index contributed by atoms with van der Waals surface area (Å²) in [6.07, 6.45) is 5.00. The van der Waals surface area contributed by atoms with Crippen LogP contribution in [0.15, 0.2) is 0 Å². The molecule has 1 heterocycles. The summed E-state index contributed by atoms with van der Waals surface area (Å²) in [4.78, 5) is 15.0. The number of aromatic nitrogens is 3. The second kappa shape index (κ2) is 6.04. The first kappa shape index (κ1) is 13.8. The Bertz CT molecular complexity index is 420. The lowest BCUT2D eigenvalue weighted by atomic mass is 9.87. The highest BCUT2D eigenvalue weighted by Gasteiger charge is 2.20. The van der Waals surface area contributed by atoms with E-state index in [4.69, 9.17) is 0 Å². The third-order valence-electron chi connectivity index (χ3n) is 3.52. The first-order valence-electron chi connectivity index (χ1n) is 6.96. The Labute approximate surface area is 115 Å². The van der Waals surface area contributed by atoms with Crippen LogP contribution in [0.1, 0.15) is 32.6 Å². The van der Waals surface area contributed by atoms with Gasteiger partial charge in [-0.15, -0.1) is 0 Å². The van der Waals surface area contributed by atoms with E-state index in [1.165, 1.54) is 25.7 Å². The third-order valence-corrected chi connectivity index (χ3v) is 3.52. The lowest BCUT2D eigenvalue weighted by Crippen LogP contribution is -2.28. The molecule has 1 saturated carbocycles. The van der Waals surface area contributed by atoms with Gasteiger partial charge in [0.2, 0.25) is 17.8 Å². The van der Waals surface area contributed by atoms with Crippen molar-refractivity contribution in [1.82, 2.24) is 15.0 Å². The molecule has 0 bridgehead atoms. The summed E-state index contributed by atoms with van der Waals surface area (Å²) in [6.45, 7) is 2.31. The van der Waals surface area contributed by atoms with Gasteiger partial charge < -0.3 is 15.5 Å². The van der Waals surface area contributed by atoms with Crippen LogP contribution in [0.2, 0.25) is 0 Å². The SMILES string of the molecule is CNc1nc(NC2CCCC(C)C2)nc(N(C)C)n1. The van der Waals surface area contributed by atoms with Gasteiger partial charge in [-0.3, -0.25) is 0 Å². The zero-order chi connectivity index (χ0) is 13.8. The molecule has 106 valence electrons. The largest absolute Gasteiger partial charge is 0.357 e. The fourth-order valence-electron chi connectivity index (χ4n) is 2.49. The topological polar surface area (TPSA) is 66.0 Å². The third kappa shape index (κ3) is 3.68. The standard InChI is InChI=1S/C13H24N6/c1-9-6-5-7-10(8-9)15-12-16-11(14-2)17-13(18-12)19(3)4/h9-10H,5-8H2,1-4H3,(H2,14,15,16,17,18). The monoisotopic (exact) mass is 264 g/mol. The van der Waals surface area contributed by atoms with Gasteiger partial charge in [-0.1, -0.05) is 19.8 Å². The van der Waals surface area contributed by atoms with Crippen molar-refractivity contribution >= 4 is 17.8 Å². The summed E-state index contributed by atoms with van der Waals surface area (Å²) in [6, 6.07) is 0.478. The average Bonchev–Trinajstić information content (AvgIpc) is 2.38. The molecule has 0 spiro atoms. The molecule has 0 radical (unpaired) electrons. The van der Waals surface area contributed by atoms with Gasteiger partial charge >= 0.3 is 0 Å². The Morgan fingerprint density at radius 1 is 1.11 bits per heavy atom. The Hall–Kier alpha value is -1.59. The van der Waals surface area contributed by atoms with E-state index in [1.54, 1.807) is 0 Å². The number of hydrogen-bond donors (Lipinski definition) is 2. The highest BCUT2D eigenvalue weighted by molar-refractivity contribution is 5.43. The zero-order valence-electron chi connectivity index (χ0n) is 12.3. The highest BCUT2D eigenvalue weighted by atomic mass is 15.3. The van der Waals surface area contributed by atoms with Gasteiger partial charge in [-0.25, -0.2) is 0 Å². The van der Waals surface area contributed by atoms with Crippen LogP contribution in [0.4, 0.5) is 17.8 Å². The molecule has 19 heavy (non-hydrogen) atoms. The molecule has 6 nitrogen and oxygen atoms in total. The minimum atomic E-state index is 0.478. The molecule has 6 heteroatoms. The Morgan fingerprint density at radius 2 is 1.84 bits per heavy atom. The van der Waals surface area contributed by atoms with Crippen LogP contribution in [-0.2, 0) is 0 Å². The molecule has 0 aromatic carbocycles. The molecule has 1 aliphatic carbocycles. The van der Waals surface area contributed by atoms with Crippen LogP contribution in [-0.4, -0.2) is 42.1 Å². The van der Waals surface area contributed by atoms with E-state index in [1.807, 2.05) is 26.0 Å². The maximum Gasteiger partial charge on any atom is 0.231 e. The highest BCUT2D eigenvalue weighted by Crippen LogP contribution is 2.25. The molecule has 1 aliphatic rings. The van der Waals surface area contributed by atoms with Gasteiger partial charge in [0.15, 0.2) is 0 Å². The van der Waals surface area contributed by atoms with Crippen LogP contribution < -0.4 is 15.5 Å². The molecular formula is C13H24N6. The number of hydrogen-bond acceptors (Lipinski definition) is 6. The molecule has 2 N–H and O–H groups in total. The van der Waals surface area contributed by atoms with Crippen LogP contribution >= 0.6 is 0 Å². The van der Waals surface area contributed by atoms with E-state index >= 15 is 0 Å². The summed E-state index contributed by atoms with van der Waals surface area (Å²) in [5.41, 5.74) is 0. The van der Waals surface area contributed by atoms with E-state index < -0.39 is 0 Å². The molecule has 1 aromatic heterocycles. The Balaban J connectivity index is 2.12. The summed E-state index contributed by atoms with van der Waals surface area (Å²) < 4.78 is 0. The van der Waals surface area contributed by atoms with Crippen molar-refractivity contribution < 1.29 is 0 Å². The maximum absolute atomic E-state index is 4.45. The molecule has 2 atom stereocenters. The molecule has 2 rings (SSSR count). The number of rotatable bonds is 4.